The largest absolute Gasteiger partial charge is 0.424 e. The van der Waals surface area contributed by atoms with Crippen molar-refractivity contribution in [2.75, 3.05) is 0 Å². The molecule has 2 aromatic rings. The molecule has 110 valence electrons. The molecule has 0 spiro atoms. The number of hydrogen-bond donors (Lipinski definition) is 0. The van der Waals surface area contributed by atoms with Gasteiger partial charge in [-0.25, -0.2) is 9.36 Å². The van der Waals surface area contributed by atoms with Crippen molar-refractivity contribution in [3.63, 3.8) is 0 Å². The van der Waals surface area contributed by atoms with Crippen LogP contribution in [-0.2, 0) is 11.2 Å². The van der Waals surface area contributed by atoms with E-state index in [1.54, 1.807) is 35.8 Å². The molecule has 2 atom stereocenters. The molecule has 1 heterocycles. The summed E-state index contributed by atoms with van der Waals surface area (Å²) in [6, 6.07) is 7.07. The Balaban J connectivity index is 2.10. The molecule has 1 aliphatic carbocycles. The Morgan fingerprint density at radius 2 is 2.00 bits per heavy atom. The minimum atomic E-state index is -0.404. The Hall–Kier alpha value is -1.81. The third-order valence-electron chi connectivity index (χ3n) is 4.25. The highest BCUT2D eigenvalue weighted by molar-refractivity contribution is 6.30. The third kappa shape index (κ3) is 2.33. The quantitative estimate of drug-likeness (QED) is 0.855. The van der Waals surface area contributed by atoms with Gasteiger partial charge in [-0.05, 0) is 44.0 Å². The zero-order valence-electron chi connectivity index (χ0n) is 11.9. The molecule has 1 aromatic heterocycles. The van der Waals surface area contributed by atoms with Crippen LogP contribution in [0.2, 0.25) is 5.02 Å². The lowest BCUT2D eigenvalue weighted by Crippen LogP contribution is -2.25. The van der Waals surface area contributed by atoms with Gasteiger partial charge >= 0.3 is 5.76 Å². The Bertz CT molecular complexity index is 742. The summed E-state index contributed by atoms with van der Waals surface area (Å²) in [7, 11) is 0. The Labute approximate surface area is 127 Å². The summed E-state index contributed by atoms with van der Waals surface area (Å²) in [6.45, 7) is 3.54. The molecule has 0 bridgehead atoms. The Morgan fingerprint density at radius 3 is 2.62 bits per heavy atom. The molecule has 0 radical (unpaired) electrons. The van der Waals surface area contributed by atoms with Gasteiger partial charge in [-0.3, -0.25) is 4.79 Å². The normalized spacial score (nSPS) is 21.1. The summed E-state index contributed by atoms with van der Waals surface area (Å²) in [5, 5.41) is 0.620. The number of rotatable bonds is 2. The first kappa shape index (κ1) is 14.1. The number of oxazole rings is 1. The fraction of sp³-hybridized carbons (Fsp3) is 0.375. The molecule has 1 aromatic carbocycles. The Morgan fingerprint density at radius 1 is 1.33 bits per heavy atom. The molecule has 0 saturated heterocycles. The van der Waals surface area contributed by atoms with Gasteiger partial charge in [0.2, 0.25) is 0 Å². The van der Waals surface area contributed by atoms with Gasteiger partial charge < -0.3 is 4.42 Å². The number of halogens is 1. The second-order valence-corrected chi connectivity index (χ2v) is 5.97. The van der Waals surface area contributed by atoms with Gasteiger partial charge in [-0.15, -0.1) is 0 Å². The lowest BCUT2D eigenvalue weighted by Gasteiger charge is -2.25. The number of fused-ring (bicyclic) bond motifs is 1. The second kappa shape index (κ2) is 5.19. The second-order valence-electron chi connectivity index (χ2n) is 5.54. The fourth-order valence-corrected chi connectivity index (χ4v) is 3.27. The van der Waals surface area contributed by atoms with E-state index in [9.17, 15) is 9.59 Å². The van der Waals surface area contributed by atoms with Crippen LogP contribution >= 0.6 is 11.6 Å². The fourth-order valence-electron chi connectivity index (χ4n) is 3.14. The zero-order valence-corrected chi connectivity index (χ0v) is 12.7. The van der Waals surface area contributed by atoms with E-state index in [0.29, 0.717) is 17.2 Å². The first-order valence-corrected chi connectivity index (χ1v) is 7.38. The highest BCUT2D eigenvalue weighted by atomic mass is 35.5. The van der Waals surface area contributed by atoms with Gasteiger partial charge in [0, 0.05) is 16.9 Å². The van der Waals surface area contributed by atoms with E-state index in [1.165, 1.54) is 0 Å². The minimum Gasteiger partial charge on any atom is -0.412 e. The monoisotopic (exact) mass is 305 g/mol. The summed E-state index contributed by atoms with van der Waals surface area (Å²) in [4.78, 5) is 23.9. The van der Waals surface area contributed by atoms with Crippen molar-refractivity contribution in [3.05, 3.63) is 51.3 Å². The summed E-state index contributed by atoms with van der Waals surface area (Å²) in [5.41, 5.74) is 1.61. The predicted octanol–water partition coefficient (Wildman–Crippen LogP) is 3.34. The number of nitrogens with zero attached hydrogens (tertiary/aromatic N) is 1. The Kier molecular flexibility index (Phi) is 3.49. The molecular formula is C16H16ClNO3. The number of Topliss-reactive ketones (excluding diaryl/α,β-unsaturated/α-hetero) is 1. The molecule has 4 nitrogen and oxygen atoms in total. The molecular weight excluding hydrogens is 290 g/mol. The summed E-state index contributed by atoms with van der Waals surface area (Å²) >= 11 is 5.89. The molecule has 5 heteroatoms. The summed E-state index contributed by atoms with van der Waals surface area (Å²) in [5.74, 6) is 0.254. The summed E-state index contributed by atoms with van der Waals surface area (Å²) in [6.07, 6.45) is 1.41. The highest BCUT2D eigenvalue weighted by Gasteiger charge is 2.34. The molecule has 0 amide bonds. The van der Waals surface area contributed by atoms with Crippen molar-refractivity contribution in [2.45, 2.75) is 32.6 Å². The molecule has 21 heavy (non-hydrogen) atoms. The number of aromatic nitrogens is 1. The van der Waals surface area contributed by atoms with Crippen LogP contribution < -0.4 is 5.76 Å². The van der Waals surface area contributed by atoms with Crippen LogP contribution in [0, 0.1) is 5.92 Å². The van der Waals surface area contributed by atoms with Crippen LogP contribution in [0.3, 0.4) is 0 Å². The zero-order chi connectivity index (χ0) is 15.1. The van der Waals surface area contributed by atoms with E-state index < -0.39 is 5.76 Å². The molecule has 0 fully saturated rings. The maximum absolute atomic E-state index is 12.2. The van der Waals surface area contributed by atoms with Gasteiger partial charge in [-0.2, -0.15) is 0 Å². The number of hydrogen-bond acceptors (Lipinski definition) is 3. The smallest absolute Gasteiger partial charge is 0.412 e. The highest BCUT2D eigenvalue weighted by Crippen LogP contribution is 2.36. The first-order valence-electron chi connectivity index (χ1n) is 7.00. The van der Waals surface area contributed by atoms with Gasteiger partial charge in [-0.1, -0.05) is 18.5 Å². The van der Waals surface area contributed by atoms with Gasteiger partial charge in [0.25, 0.3) is 0 Å². The van der Waals surface area contributed by atoms with E-state index in [4.69, 9.17) is 16.0 Å². The van der Waals surface area contributed by atoms with Gasteiger partial charge in [0.1, 0.15) is 11.5 Å². The molecule has 3 rings (SSSR count). The standard InChI is InChI=1S/C16H16ClNO3/c1-9-13(10(2)19)7-8-14-15(9)21-16(20)18(14)12-5-3-11(17)4-6-12/h3-6,9,13H,7-8H2,1-2H3/t9-,13+/m0/s1. The molecule has 0 saturated carbocycles. The van der Waals surface area contributed by atoms with Crippen molar-refractivity contribution in [1.29, 1.82) is 0 Å². The maximum atomic E-state index is 12.2. The number of benzene rings is 1. The SMILES string of the molecule is CC(=O)[C@@H]1CCc2c(oc(=O)n2-c2ccc(Cl)cc2)[C@H]1C. The molecule has 0 aliphatic heterocycles. The van der Waals surface area contributed by atoms with Crippen LogP contribution in [0.4, 0.5) is 0 Å². The average molecular weight is 306 g/mol. The van der Waals surface area contributed by atoms with E-state index in [0.717, 1.165) is 17.8 Å². The summed E-state index contributed by atoms with van der Waals surface area (Å²) < 4.78 is 7.02. The molecule has 1 aliphatic rings. The molecule has 0 unspecified atom stereocenters. The van der Waals surface area contributed by atoms with Gasteiger partial charge in [0.15, 0.2) is 0 Å². The van der Waals surface area contributed by atoms with Crippen molar-refractivity contribution < 1.29 is 9.21 Å². The maximum Gasteiger partial charge on any atom is 0.424 e. The molecule has 0 N–H and O–H groups in total. The van der Waals surface area contributed by atoms with E-state index in [1.807, 2.05) is 6.92 Å². The van der Waals surface area contributed by atoms with Gasteiger partial charge in [0.05, 0.1) is 11.4 Å². The number of carbonyl (C=O) groups excluding carboxylic acids is 1. The van der Waals surface area contributed by atoms with Crippen LogP contribution in [0.5, 0.6) is 0 Å². The van der Waals surface area contributed by atoms with E-state index >= 15 is 0 Å². The van der Waals surface area contributed by atoms with Crippen molar-refractivity contribution >= 4 is 17.4 Å². The van der Waals surface area contributed by atoms with Crippen molar-refractivity contribution in [2.24, 2.45) is 5.92 Å². The van der Waals surface area contributed by atoms with Crippen molar-refractivity contribution in [3.8, 4) is 5.69 Å². The van der Waals surface area contributed by atoms with Crippen LogP contribution in [-0.4, -0.2) is 10.4 Å². The third-order valence-corrected chi connectivity index (χ3v) is 4.50. The van der Waals surface area contributed by atoms with Crippen LogP contribution in [0.15, 0.2) is 33.5 Å². The van der Waals surface area contributed by atoms with Crippen LogP contribution in [0.25, 0.3) is 5.69 Å². The topological polar surface area (TPSA) is 52.2 Å². The number of ketones is 1. The number of carbonyl (C=O) groups is 1. The predicted molar refractivity (Wildman–Crippen MR) is 80.2 cm³/mol. The lowest BCUT2D eigenvalue weighted by molar-refractivity contribution is -0.121. The van der Waals surface area contributed by atoms with E-state index in [-0.39, 0.29) is 17.6 Å². The van der Waals surface area contributed by atoms with Crippen molar-refractivity contribution in [1.82, 2.24) is 4.57 Å². The lowest BCUT2D eigenvalue weighted by atomic mass is 9.79. The first-order chi connectivity index (χ1) is 9.99. The van der Waals surface area contributed by atoms with E-state index in [2.05, 4.69) is 0 Å². The average Bonchev–Trinajstić information content (AvgIpc) is 2.77. The van der Waals surface area contributed by atoms with Crippen LogP contribution in [0.1, 0.15) is 37.6 Å². The minimum absolute atomic E-state index is 0.0625.